The Kier molecular flexibility index (Phi) is 3.29. The van der Waals surface area contributed by atoms with Gasteiger partial charge in [0.25, 0.3) is 5.56 Å². The number of benzene rings is 1. The van der Waals surface area contributed by atoms with Gasteiger partial charge in [0.1, 0.15) is 0 Å². The molecule has 2 N–H and O–H groups in total. The van der Waals surface area contributed by atoms with E-state index < -0.39 is 5.69 Å². The van der Waals surface area contributed by atoms with Crippen LogP contribution in [0.15, 0.2) is 46.1 Å². The number of hydrogen-bond acceptors (Lipinski definition) is 3. The molecular weight excluding hydrogens is 268 g/mol. The highest BCUT2D eigenvalue weighted by Gasteiger charge is 2.54. The Labute approximate surface area is 121 Å². The van der Waals surface area contributed by atoms with Gasteiger partial charge in [0, 0.05) is 23.7 Å². The molecule has 0 bridgehead atoms. The molecule has 1 aromatic carbocycles. The second-order valence-electron chi connectivity index (χ2n) is 5.81. The van der Waals surface area contributed by atoms with Gasteiger partial charge in [-0.3, -0.25) is 9.78 Å². The lowest BCUT2D eigenvalue weighted by atomic mass is 9.94. The van der Waals surface area contributed by atoms with E-state index in [1.54, 1.807) is 13.1 Å². The Hall–Kier alpha value is -2.14. The largest absolute Gasteiger partial charge is 0.395 e. The molecule has 2 aromatic rings. The molecule has 0 aliphatic heterocycles. The van der Waals surface area contributed by atoms with Gasteiger partial charge in [-0.15, -0.1) is 0 Å². The second-order valence-corrected chi connectivity index (χ2v) is 5.81. The maximum Gasteiger partial charge on any atom is 0.328 e. The maximum atomic E-state index is 11.8. The molecule has 2 atom stereocenters. The fourth-order valence-corrected chi connectivity index (χ4v) is 3.02. The zero-order valence-electron chi connectivity index (χ0n) is 11.9. The van der Waals surface area contributed by atoms with Crippen molar-refractivity contribution in [3.63, 3.8) is 0 Å². The molecule has 0 spiro atoms. The predicted molar refractivity (Wildman–Crippen MR) is 79.4 cm³/mol. The lowest BCUT2D eigenvalue weighted by Crippen LogP contribution is -2.32. The van der Waals surface area contributed by atoms with Crippen molar-refractivity contribution in [1.29, 1.82) is 0 Å². The van der Waals surface area contributed by atoms with Crippen LogP contribution in [-0.4, -0.2) is 21.3 Å². The second kappa shape index (κ2) is 5.00. The standard InChI is InChI=1S/C16H18N2O3/c1-11-8-18(15(21)17-14(11)20)9-13-7-16(13,10-19)12-5-3-2-4-6-12/h2-6,8,13,19H,7,9-10H2,1H3,(H,17,20,21)/t13-,16-/m1/s1. The van der Waals surface area contributed by atoms with Gasteiger partial charge in [-0.05, 0) is 24.8 Å². The minimum absolute atomic E-state index is 0.0682. The molecule has 110 valence electrons. The number of aliphatic hydroxyl groups excluding tert-OH is 1. The first-order chi connectivity index (χ1) is 10.1. The van der Waals surface area contributed by atoms with Crippen molar-refractivity contribution < 1.29 is 5.11 Å². The molecule has 5 heteroatoms. The number of aliphatic hydroxyl groups is 1. The highest BCUT2D eigenvalue weighted by Crippen LogP contribution is 2.54. The number of nitrogens with zero attached hydrogens (tertiary/aromatic N) is 1. The van der Waals surface area contributed by atoms with E-state index >= 15 is 0 Å². The van der Waals surface area contributed by atoms with Crippen LogP contribution >= 0.6 is 0 Å². The Balaban J connectivity index is 1.87. The summed E-state index contributed by atoms with van der Waals surface area (Å²) >= 11 is 0. The van der Waals surface area contributed by atoms with Gasteiger partial charge in [0.05, 0.1) is 6.61 Å². The number of aromatic nitrogens is 2. The van der Waals surface area contributed by atoms with Crippen molar-refractivity contribution in [1.82, 2.24) is 9.55 Å². The number of hydrogen-bond donors (Lipinski definition) is 2. The van der Waals surface area contributed by atoms with E-state index in [1.165, 1.54) is 4.57 Å². The van der Waals surface area contributed by atoms with Gasteiger partial charge < -0.3 is 9.67 Å². The third-order valence-electron chi connectivity index (χ3n) is 4.47. The van der Waals surface area contributed by atoms with E-state index in [0.717, 1.165) is 12.0 Å². The Morgan fingerprint density at radius 2 is 2.05 bits per heavy atom. The molecule has 1 aliphatic rings. The minimum Gasteiger partial charge on any atom is -0.395 e. The minimum atomic E-state index is -0.391. The summed E-state index contributed by atoms with van der Waals surface area (Å²) in [5, 5.41) is 9.78. The fourth-order valence-electron chi connectivity index (χ4n) is 3.02. The van der Waals surface area contributed by atoms with E-state index in [1.807, 2.05) is 30.3 Å². The van der Waals surface area contributed by atoms with E-state index in [0.29, 0.717) is 12.1 Å². The Morgan fingerprint density at radius 1 is 1.33 bits per heavy atom. The summed E-state index contributed by atoms with van der Waals surface area (Å²) in [7, 11) is 0. The van der Waals surface area contributed by atoms with Crippen LogP contribution in [0.5, 0.6) is 0 Å². The van der Waals surface area contributed by atoms with Crippen molar-refractivity contribution in [2.24, 2.45) is 5.92 Å². The van der Waals surface area contributed by atoms with Crippen LogP contribution in [0.3, 0.4) is 0 Å². The molecule has 0 unspecified atom stereocenters. The number of aromatic amines is 1. The van der Waals surface area contributed by atoms with Crippen molar-refractivity contribution >= 4 is 0 Å². The van der Waals surface area contributed by atoms with Gasteiger partial charge in [-0.2, -0.15) is 0 Å². The first-order valence-electron chi connectivity index (χ1n) is 7.03. The van der Waals surface area contributed by atoms with Crippen LogP contribution in [0.4, 0.5) is 0 Å². The van der Waals surface area contributed by atoms with Crippen molar-refractivity contribution in [3.8, 4) is 0 Å². The van der Waals surface area contributed by atoms with E-state index in [9.17, 15) is 14.7 Å². The van der Waals surface area contributed by atoms with Gasteiger partial charge in [0.15, 0.2) is 0 Å². The maximum absolute atomic E-state index is 11.8. The first-order valence-corrected chi connectivity index (χ1v) is 7.03. The third-order valence-corrected chi connectivity index (χ3v) is 4.47. The van der Waals surface area contributed by atoms with Crippen LogP contribution in [-0.2, 0) is 12.0 Å². The van der Waals surface area contributed by atoms with Crippen molar-refractivity contribution in [3.05, 3.63) is 68.5 Å². The quantitative estimate of drug-likeness (QED) is 0.873. The number of H-pyrrole nitrogens is 1. The molecule has 21 heavy (non-hydrogen) atoms. The number of rotatable bonds is 4. The molecule has 0 amide bonds. The predicted octanol–water partition coefficient (Wildman–Crippen LogP) is 0.795. The molecule has 1 aromatic heterocycles. The summed E-state index contributed by atoms with van der Waals surface area (Å²) in [6.45, 7) is 2.25. The van der Waals surface area contributed by atoms with Crippen molar-refractivity contribution in [2.75, 3.05) is 6.61 Å². The highest BCUT2D eigenvalue weighted by atomic mass is 16.3. The third kappa shape index (κ3) is 2.34. The molecule has 1 fully saturated rings. The normalized spacial score (nSPS) is 24.0. The molecule has 5 nitrogen and oxygen atoms in total. The zero-order chi connectivity index (χ0) is 15.0. The van der Waals surface area contributed by atoms with Crippen LogP contribution in [0.25, 0.3) is 0 Å². The molecule has 1 saturated carbocycles. The van der Waals surface area contributed by atoms with Crippen LogP contribution in [0.1, 0.15) is 17.5 Å². The van der Waals surface area contributed by atoms with Crippen molar-refractivity contribution in [2.45, 2.75) is 25.3 Å². The monoisotopic (exact) mass is 286 g/mol. The lowest BCUT2D eigenvalue weighted by molar-refractivity contribution is 0.241. The topological polar surface area (TPSA) is 75.1 Å². The average molecular weight is 286 g/mol. The first kappa shape index (κ1) is 13.8. The molecule has 1 heterocycles. The molecular formula is C16H18N2O3. The van der Waals surface area contributed by atoms with Gasteiger partial charge in [0.2, 0.25) is 0 Å². The fraction of sp³-hybridized carbons (Fsp3) is 0.375. The summed E-state index contributed by atoms with van der Waals surface area (Å²) in [6.07, 6.45) is 2.44. The zero-order valence-corrected chi connectivity index (χ0v) is 11.9. The highest BCUT2D eigenvalue weighted by molar-refractivity contribution is 5.33. The van der Waals surface area contributed by atoms with Crippen LogP contribution in [0.2, 0.25) is 0 Å². The summed E-state index contributed by atoms with van der Waals surface area (Å²) in [4.78, 5) is 25.5. The SMILES string of the molecule is Cc1cn(C[C@H]2C[C@@]2(CO)c2ccccc2)c(=O)[nH]c1=O. The van der Waals surface area contributed by atoms with Gasteiger partial charge >= 0.3 is 5.69 Å². The molecule has 0 saturated heterocycles. The number of nitrogens with one attached hydrogen (secondary N) is 1. The van der Waals surface area contributed by atoms with E-state index in [-0.39, 0.29) is 23.5 Å². The van der Waals surface area contributed by atoms with E-state index in [2.05, 4.69) is 4.98 Å². The Morgan fingerprint density at radius 3 is 2.71 bits per heavy atom. The van der Waals surface area contributed by atoms with Crippen LogP contribution in [0, 0.1) is 12.8 Å². The summed E-state index contributed by atoms with van der Waals surface area (Å²) in [5.41, 5.74) is 0.627. The van der Waals surface area contributed by atoms with Gasteiger partial charge in [-0.1, -0.05) is 30.3 Å². The summed E-state index contributed by atoms with van der Waals surface area (Å²) in [5.74, 6) is 0.202. The van der Waals surface area contributed by atoms with E-state index in [4.69, 9.17) is 0 Å². The smallest absolute Gasteiger partial charge is 0.328 e. The molecule has 3 rings (SSSR count). The average Bonchev–Trinajstić information content (AvgIpc) is 3.20. The summed E-state index contributed by atoms with van der Waals surface area (Å²) in [6, 6.07) is 9.88. The van der Waals surface area contributed by atoms with Crippen LogP contribution < -0.4 is 11.2 Å². The number of aryl methyl sites for hydroxylation is 1. The lowest BCUT2D eigenvalue weighted by Gasteiger charge is -2.15. The Bertz CT molecular complexity index is 763. The van der Waals surface area contributed by atoms with Gasteiger partial charge in [-0.25, -0.2) is 4.79 Å². The molecule has 0 radical (unpaired) electrons. The summed E-state index contributed by atoms with van der Waals surface area (Å²) < 4.78 is 1.53. The molecule has 1 aliphatic carbocycles.